The van der Waals surface area contributed by atoms with E-state index in [1.807, 2.05) is 7.05 Å². The van der Waals surface area contributed by atoms with Crippen LogP contribution in [0.2, 0.25) is 0 Å². The van der Waals surface area contributed by atoms with Gasteiger partial charge in [0.1, 0.15) is 12.1 Å². The molecule has 4 nitrogen and oxygen atoms in total. The van der Waals surface area contributed by atoms with Gasteiger partial charge in [-0.05, 0) is 35.4 Å². The first-order valence-electron chi connectivity index (χ1n) is 4.58. The molecule has 0 saturated heterocycles. The summed E-state index contributed by atoms with van der Waals surface area (Å²) in [5.74, 6) is 1.42. The highest BCUT2D eigenvalue weighted by molar-refractivity contribution is 9.10. The molecular formula is C9H15BrN4. The van der Waals surface area contributed by atoms with E-state index in [0.717, 1.165) is 23.4 Å². The summed E-state index contributed by atoms with van der Waals surface area (Å²) in [7, 11) is 1.96. The van der Waals surface area contributed by atoms with Gasteiger partial charge in [-0.2, -0.15) is 0 Å². The normalized spacial score (nSPS) is 12.5. The van der Waals surface area contributed by atoms with Gasteiger partial charge in [0.25, 0.3) is 0 Å². The van der Waals surface area contributed by atoms with Gasteiger partial charge < -0.3 is 10.6 Å². The van der Waals surface area contributed by atoms with Crippen molar-refractivity contribution in [3.05, 3.63) is 17.0 Å². The zero-order valence-corrected chi connectivity index (χ0v) is 10.0. The van der Waals surface area contributed by atoms with Crippen LogP contribution >= 0.6 is 15.9 Å². The Morgan fingerprint density at radius 2 is 2.29 bits per heavy atom. The highest BCUT2D eigenvalue weighted by atomic mass is 79.9. The van der Waals surface area contributed by atoms with Crippen LogP contribution in [0.25, 0.3) is 0 Å². The molecule has 1 atom stereocenters. The number of aromatic nitrogens is 2. The molecule has 1 aromatic heterocycles. The number of nitrogens with one attached hydrogen (secondary N) is 2. The summed E-state index contributed by atoms with van der Waals surface area (Å²) in [4.78, 5) is 8.02. The largest absolute Gasteiger partial charge is 0.369 e. The third kappa shape index (κ3) is 3.59. The molecule has 78 valence electrons. The molecular weight excluding hydrogens is 244 g/mol. The van der Waals surface area contributed by atoms with Crippen molar-refractivity contribution in [2.24, 2.45) is 5.92 Å². The van der Waals surface area contributed by atoms with Gasteiger partial charge in [-0.1, -0.05) is 6.92 Å². The lowest BCUT2D eigenvalue weighted by Crippen LogP contribution is -2.23. The summed E-state index contributed by atoms with van der Waals surface area (Å²) in [6.07, 6.45) is 3.27. The van der Waals surface area contributed by atoms with Crippen molar-refractivity contribution >= 4 is 21.7 Å². The molecule has 0 saturated carbocycles. The maximum absolute atomic E-state index is 4.12. The highest BCUT2D eigenvalue weighted by Crippen LogP contribution is 2.16. The van der Waals surface area contributed by atoms with E-state index in [4.69, 9.17) is 0 Å². The maximum atomic E-state index is 4.12. The van der Waals surface area contributed by atoms with E-state index < -0.39 is 0 Å². The molecule has 14 heavy (non-hydrogen) atoms. The Hall–Kier alpha value is -0.680. The second kappa shape index (κ2) is 5.93. The SMILES string of the molecule is CNCC(C)CNc1ncncc1Br. The zero-order valence-electron chi connectivity index (χ0n) is 8.42. The van der Waals surface area contributed by atoms with Crippen LogP contribution in [0.5, 0.6) is 0 Å². The lowest BCUT2D eigenvalue weighted by atomic mass is 10.2. The summed E-state index contributed by atoms with van der Waals surface area (Å²) >= 11 is 3.38. The van der Waals surface area contributed by atoms with Crippen molar-refractivity contribution in [1.82, 2.24) is 15.3 Å². The lowest BCUT2D eigenvalue weighted by molar-refractivity contribution is 0.568. The number of rotatable bonds is 5. The molecule has 1 heterocycles. The predicted molar refractivity (Wildman–Crippen MR) is 61.3 cm³/mol. The minimum absolute atomic E-state index is 0.571. The minimum Gasteiger partial charge on any atom is -0.369 e. The smallest absolute Gasteiger partial charge is 0.143 e. The fraction of sp³-hybridized carbons (Fsp3) is 0.556. The summed E-state index contributed by atoms with van der Waals surface area (Å²) in [6.45, 7) is 4.07. The quantitative estimate of drug-likeness (QED) is 0.841. The molecule has 0 amide bonds. The van der Waals surface area contributed by atoms with Crippen LogP contribution in [0.15, 0.2) is 17.0 Å². The minimum atomic E-state index is 0.571. The average Bonchev–Trinajstić information content (AvgIpc) is 2.17. The first-order chi connectivity index (χ1) is 6.74. The van der Waals surface area contributed by atoms with Crippen molar-refractivity contribution in [3.63, 3.8) is 0 Å². The first kappa shape index (κ1) is 11.4. The summed E-state index contributed by atoms with van der Waals surface area (Å²) in [5, 5.41) is 6.39. The van der Waals surface area contributed by atoms with Gasteiger partial charge in [-0.3, -0.25) is 0 Å². The molecule has 1 unspecified atom stereocenters. The second-order valence-corrected chi connectivity index (χ2v) is 4.12. The summed E-state index contributed by atoms with van der Waals surface area (Å²) in [5.41, 5.74) is 0. The second-order valence-electron chi connectivity index (χ2n) is 3.26. The third-order valence-electron chi connectivity index (χ3n) is 1.84. The Morgan fingerprint density at radius 1 is 1.50 bits per heavy atom. The Bertz CT molecular complexity index is 279. The monoisotopic (exact) mass is 258 g/mol. The number of halogens is 1. The van der Waals surface area contributed by atoms with Gasteiger partial charge in [-0.15, -0.1) is 0 Å². The molecule has 0 aromatic carbocycles. The Morgan fingerprint density at radius 3 is 2.93 bits per heavy atom. The van der Waals surface area contributed by atoms with Crippen LogP contribution in [-0.2, 0) is 0 Å². The van der Waals surface area contributed by atoms with Crippen molar-refractivity contribution < 1.29 is 0 Å². The van der Waals surface area contributed by atoms with Crippen LogP contribution in [0.1, 0.15) is 6.92 Å². The van der Waals surface area contributed by atoms with Gasteiger partial charge >= 0.3 is 0 Å². The maximum Gasteiger partial charge on any atom is 0.143 e. The van der Waals surface area contributed by atoms with Gasteiger partial charge in [0.15, 0.2) is 0 Å². The molecule has 0 spiro atoms. The van der Waals surface area contributed by atoms with E-state index in [0.29, 0.717) is 5.92 Å². The molecule has 0 radical (unpaired) electrons. The van der Waals surface area contributed by atoms with E-state index in [1.165, 1.54) is 6.33 Å². The summed E-state index contributed by atoms with van der Waals surface area (Å²) in [6, 6.07) is 0. The summed E-state index contributed by atoms with van der Waals surface area (Å²) < 4.78 is 0.900. The molecule has 1 aromatic rings. The van der Waals surface area contributed by atoms with Gasteiger partial charge in [0.2, 0.25) is 0 Å². The highest BCUT2D eigenvalue weighted by Gasteiger charge is 2.03. The van der Waals surface area contributed by atoms with E-state index >= 15 is 0 Å². The van der Waals surface area contributed by atoms with E-state index in [-0.39, 0.29) is 0 Å². The van der Waals surface area contributed by atoms with Crippen molar-refractivity contribution in [2.75, 3.05) is 25.5 Å². The average molecular weight is 259 g/mol. The number of hydrogen-bond donors (Lipinski definition) is 2. The number of hydrogen-bond acceptors (Lipinski definition) is 4. The first-order valence-corrected chi connectivity index (χ1v) is 5.37. The van der Waals surface area contributed by atoms with Crippen molar-refractivity contribution in [3.8, 4) is 0 Å². The van der Waals surface area contributed by atoms with E-state index in [1.54, 1.807) is 6.20 Å². The predicted octanol–water partition coefficient (Wildman–Crippen LogP) is 1.51. The fourth-order valence-electron chi connectivity index (χ4n) is 1.13. The fourth-order valence-corrected chi connectivity index (χ4v) is 1.50. The van der Waals surface area contributed by atoms with Gasteiger partial charge in [-0.25, -0.2) is 9.97 Å². The Kier molecular flexibility index (Phi) is 4.82. The molecule has 5 heteroatoms. The molecule has 0 aliphatic heterocycles. The standard InChI is InChI=1S/C9H15BrN4/c1-7(3-11-2)4-13-9-8(10)5-12-6-14-9/h5-7,11H,3-4H2,1-2H3,(H,12,13,14). The molecule has 2 N–H and O–H groups in total. The van der Waals surface area contributed by atoms with Crippen molar-refractivity contribution in [1.29, 1.82) is 0 Å². The zero-order chi connectivity index (χ0) is 10.4. The Labute approximate surface area is 92.7 Å². The van der Waals surface area contributed by atoms with Crippen molar-refractivity contribution in [2.45, 2.75) is 6.92 Å². The molecule has 0 bridgehead atoms. The molecule has 1 rings (SSSR count). The molecule has 0 aliphatic carbocycles. The molecule has 0 aliphatic rings. The lowest BCUT2D eigenvalue weighted by Gasteiger charge is -2.12. The molecule has 0 fully saturated rings. The van der Waals surface area contributed by atoms with Crippen LogP contribution < -0.4 is 10.6 Å². The van der Waals surface area contributed by atoms with Crippen LogP contribution in [0.4, 0.5) is 5.82 Å². The third-order valence-corrected chi connectivity index (χ3v) is 2.42. The van der Waals surface area contributed by atoms with Crippen LogP contribution in [0.3, 0.4) is 0 Å². The van der Waals surface area contributed by atoms with E-state index in [9.17, 15) is 0 Å². The van der Waals surface area contributed by atoms with Gasteiger partial charge in [0.05, 0.1) is 4.47 Å². The Balaban J connectivity index is 2.41. The van der Waals surface area contributed by atoms with Crippen LogP contribution in [-0.4, -0.2) is 30.1 Å². The topological polar surface area (TPSA) is 49.8 Å². The number of anilines is 1. The van der Waals surface area contributed by atoms with E-state index in [2.05, 4.69) is 43.5 Å². The van der Waals surface area contributed by atoms with Crippen LogP contribution in [0, 0.1) is 5.92 Å². The number of nitrogens with zero attached hydrogens (tertiary/aromatic N) is 2. The van der Waals surface area contributed by atoms with Gasteiger partial charge in [0, 0.05) is 12.7 Å².